The van der Waals surface area contributed by atoms with Gasteiger partial charge in [0.25, 0.3) is 5.91 Å². The Morgan fingerprint density at radius 1 is 0.889 bits per heavy atom. The molecule has 0 aromatic carbocycles. The topological polar surface area (TPSA) is 351 Å². The Labute approximate surface area is 273 Å². The van der Waals surface area contributed by atoms with Gasteiger partial charge in [0.2, 0.25) is 0 Å². The van der Waals surface area contributed by atoms with E-state index in [0.29, 0.717) is 0 Å². The van der Waals surface area contributed by atoms with Crippen LogP contribution in [0.3, 0.4) is 0 Å². The zero-order valence-corrected chi connectivity index (χ0v) is 26.7. The Balaban J connectivity index is 0.000000241. The minimum Gasteiger partial charge on any atom is -0.387 e. The van der Waals surface area contributed by atoms with Gasteiger partial charge in [-0.1, -0.05) is 0 Å². The third-order valence-electron chi connectivity index (χ3n) is 6.35. The number of amidine groups is 1. The van der Waals surface area contributed by atoms with Crippen molar-refractivity contribution in [2.75, 3.05) is 18.9 Å². The van der Waals surface area contributed by atoms with E-state index < -0.39 is 95.6 Å². The first-order valence-corrected chi connectivity index (χ1v) is 15.3. The minimum absolute atomic E-state index is 0. The predicted octanol–water partition coefficient (Wildman–Crippen LogP) is -5.60. The molecule has 0 aliphatic carbocycles. The Morgan fingerprint density at radius 3 is 1.96 bits per heavy atom. The molecule has 26 heteroatoms. The number of anilines is 1. The van der Waals surface area contributed by atoms with Gasteiger partial charge in [0, 0.05) is 35.8 Å². The second-order valence-corrected chi connectivity index (χ2v) is 11.8. The molecule has 245 valence electrons. The molecule has 0 saturated carbocycles. The van der Waals surface area contributed by atoms with Gasteiger partial charge in [-0.15, -0.1) is 0 Å². The molecule has 2 saturated heterocycles. The largest absolute Gasteiger partial charge is 0.469 e. The molecule has 1 amide bonds. The molecule has 4 aliphatic rings. The number of amides is 1. The van der Waals surface area contributed by atoms with Crippen molar-refractivity contribution < 1.29 is 72.4 Å². The van der Waals surface area contributed by atoms with Crippen LogP contribution < -0.4 is 11.4 Å². The summed E-state index contributed by atoms with van der Waals surface area (Å²) in [5.41, 5.74) is 4.52. The van der Waals surface area contributed by atoms with E-state index in [1.807, 2.05) is 0 Å². The zero-order chi connectivity index (χ0) is 32.6. The fourth-order valence-corrected chi connectivity index (χ4v) is 4.96. The van der Waals surface area contributed by atoms with Gasteiger partial charge in [-0.25, -0.2) is 18.9 Å². The van der Waals surface area contributed by atoms with Gasteiger partial charge >= 0.3 is 21.3 Å². The van der Waals surface area contributed by atoms with E-state index in [1.54, 1.807) is 0 Å². The maximum Gasteiger partial charge on any atom is 0.469 e. The second-order valence-electron chi connectivity index (χ2n) is 9.35. The maximum absolute atomic E-state index is 11.6. The van der Waals surface area contributed by atoms with Crippen molar-refractivity contribution >= 4 is 75.4 Å². The molecule has 9 atom stereocenters. The third-order valence-corrected chi connectivity index (χ3v) is 7.32. The number of aliphatic hydroxyl groups excluding tert-OH is 4. The minimum atomic E-state index is -4.74. The number of hydrogen-bond donors (Lipinski definition) is 9. The van der Waals surface area contributed by atoms with Crippen molar-refractivity contribution in [2.24, 2.45) is 15.0 Å². The fraction of sp³-hybridized carbons (Fsp3) is 0.579. The number of aromatic nitrogens is 2. The first-order chi connectivity index (χ1) is 20.5. The van der Waals surface area contributed by atoms with Gasteiger partial charge in [-0.2, -0.15) is 9.98 Å². The summed E-state index contributed by atoms with van der Waals surface area (Å²) in [6.45, 7) is -1.28. The number of aliphatic imine (C=N–C) groups is 3. The number of aliphatic hydroxyl groups is 4. The van der Waals surface area contributed by atoms with Crippen LogP contribution in [0.1, 0.15) is 6.23 Å². The number of ether oxygens (including phenoxy) is 2. The summed E-state index contributed by atoms with van der Waals surface area (Å²) in [5.74, 6) is -0.369. The molecule has 23 nitrogen and oxygen atoms in total. The number of rotatable bonds is 8. The van der Waals surface area contributed by atoms with Crippen molar-refractivity contribution in [2.45, 2.75) is 55.1 Å². The summed E-state index contributed by atoms with van der Waals surface area (Å²) in [6, 6.07) is 0.363. The molecule has 5 rings (SSSR count). The average molecular weight is 694 g/mol. The zero-order valence-electron chi connectivity index (χ0n) is 22.9. The normalized spacial score (nSPS) is 32.5. The molecule has 1 unspecified atom stereocenters. The van der Waals surface area contributed by atoms with E-state index in [-0.39, 0.29) is 41.2 Å². The van der Waals surface area contributed by atoms with Crippen molar-refractivity contribution in [1.82, 2.24) is 14.5 Å². The van der Waals surface area contributed by atoms with Crippen LogP contribution in [0, 0.1) is 0 Å². The number of fused-ring (bicyclic) bond motifs is 1. The van der Waals surface area contributed by atoms with Crippen molar-refractivity contribution in [3.8, 4) is 0 Å². The molecule has 5 heterocycles. The Bertz CT molecular complexity index is 1480. The quantitative estimate of drug-likeness (QED) is 0.0904. The smallest absolute Gasteiger partial charge is 0.387 e. The van der Waals surface area contributed by atoms with Crippen molar-refractivity contribution in [3.63, 3.8) is 0 Å². The first kappa shape index (κ1) is 37.6. The SMILES string of the molecule is Nc1ccn([C@@H]2O[C@H](COP(=O)(O)O)[C@@H](O)[C@H]2O)c(=O)n1.O=C1N=CN=C2C1N=CN2[C@@H]1O[C@H](COP(=O)(O)O)[C@@H](O)[C@H]1O.[Na]. The summed E-state index contributed by atoms with van der Waals surface area (Å²) in [4.78, 5) is 73.8. The van der Waals surface area contributed by atoms with Gasteiger partial charge in [0.05, 0.1) is 19.6 Å². The van der Waals surface area contributed by atoms with Crippen LogP contribution in [0.5, 0.6) is 0 Å². The van der Waals surface area contributed by atoms with E-state index in [4.69, 9.17) is 34.8 Å². The number of nitrogen functional groups attached to an aromatic ring is 1. The standard InChI is InChI=1S/C10H13N4O8P.C9H14N3O8P.Na/c15-6-4(1-21-23(18,19)20)22-10(7(6)16)14-3-13-5-8(14)11-2-12-9(5)17;10-5-1-2-12(9(15)11-5)8-7(14)6(13)4(20-8)3-19-21(16,17)18;/h2-7,10,15-16H,1H2,(H2,18,19,20);1-2,4,6-8,13-14H,3H2,(H2,10,11,15)(H2,16,17,18);/t4-,5?,6-,7-,10-;4-,6-,7-,8-;/m11./s1. The molecular formula is C19H27N7NaO16P2. The van der Waals surface area contributed by atoms with Crippen LogP contribution in [-0.4, -0.2) is 171 Å². The molecule has 1 radical (unpaired) electrons. The monoisotopic (exact) mass is 694 g/mol. The number of nitrogens with zero attached hydrogens (tertiary/aromatic N) is 6. The van der Waals surface area contributed by atoms with Gasteiger partial charge in [0.15, 0.2) is 18.5 Å². The van der Waals surface area contributed by atoms with E-state index in [9.17, 15) is 39.1 Å². The molecule has 1 aromatic rings. The van der Waals surface area contributed by atoms with Gasteiger partial charge in [-0.05, 0) is 6.07 Å². The molecule has 2 fully saturated rings. The number of phosphoric ester groups is 2. The Morgan fingerprint density at radius 2 is 1.42 bits per heavy atom. The number of hydrogen-bond acceptors (Lipinski definition) is 17. The van der Waals surface area contributed by atoms with Gasteiger partial charge in [-0.3, -0.25) is 28.3 Å². The van der Waals surface area contributed by atoms with Gasteiger partial charge < -0.3 is 55.2 Å². The predicted molar refractivity (Wildman–Crippen MR) is 146 cm³/mol. The van der Waals surface area contributed by atoms with Crippen LogP contribution in [0.15, 0.2) is 32.0 Å². The number of carbonyl (C=O) groups excluding carboxylic acids is 1. The molecule has 0 bridgehead atoms. The van der Waals surface area contributed by atoms with Crippen molar-refractivity contribution in [3.05, 3.63) is 22.7 Å². The summed E-state index contributed by atoms with van der Waals surface area (Å²) >= 11 is 0. The summed E-state index contributed by atoms with van der Waals surface area (Å²) in [7, 11) is -9.48. The van der Waals surface area contributed by atoms with E-state index >= 15 is 0 Å². The van der Waals surface area contributed by atoms with Crippen LogP contribution in [0.4, 0.5) is 5.82 Å². The summed E-state index contributed by atoms with van der Waals surface area (Å²) < 4.78 is 41.3. The van der Waals surface area contributed by atoms with E-state index in [1.165, 1.54) is 23.5 Å². The molecule has 10 N–H and O–H groups in total. The summed E-state index contributed by atoms with van der Waals surface area (Å²) in [6.07, 6.45) is -7.19. The van der Waals surface area contributed by atoms with Crippen LogP contribution in [0.25, 0.3) is 0 Å². The van der Waals surface area contributed by atoms with E-state index in [2.05, 4.69) is 29.0 Å². The molecule has 4 aliphatic heterocycles. The first-order valence-electron chi connectivity index (χ1n) is 12.2. The Kier molecular flexibility index (Phi) is 12.5. The maximum atomic E-state index is 11.6. The molecule has 0 spiro atoms. The van der Waals surface area contributed by atoms with Crippen LogP contribution in [-0.2, 0) is 32.4 Å². The molecular weight excluding hydrogens is 667 g/mol. The second kappa shape index (κ2) is 14.9. The number of phosphoric acid groups is 2. The fourth-order valence-electron chi connectivity index (χ4n) is 4.28. The number of nitrogens with two attached hydrogens (primary N) is 1. The van der Waals surface area contributed by atoms with Crippen LogP contribution >= 0.6 is 15.6 Å². The number of carbonyl (C=O) groups is 1. The Hall–Kier alpha value is -1.86. The average Bonchev–Trinajstić information content (AvgIpc) is 3.57. The van der Waals surface area contributed by atoms with Crippen molar-refractivity contribution in [1.29, 1.82) is 0 Å². The van der Waals surface area contributed by atoms with Gasteiger partial charge in [0.1, 0.15) is 54.6 Å². The molecule has 1 aromatic heterocycles. The van der Waals surface area contributed by atoms with E-state index in [0.717, 1.165) is 10.9 Å². The summed E-state index contributed by atoms with van der Waals surface area (Å²) in [5, 5.41) is 39.6. The third kappa shape index (κ3) is 9.15. The van der Waals surface area contributed by atoms with Crippen LogP contribution in [0.2, 0.25) is 0 Å². The molecule has 45 heavy (non-hydrogen) atoms.